The number of nitrogens with one attached hydrogen (secondary N) is 1. The van der Waals surface area contributed by atoms with Gasteiger partial charge in [0, 0.05) is 16.1 Å². The van der Waals surface area contributed by atoms with E-state index in [4.69, 9.17) is 16.3 Å². The number of ether oxygens (including phenoxy) is 1. The lowest BCUT2D eigenvalue weighted by Gasteiger charge is -2.18. The Kier molecular flexibility index (Phi) is 3.16. The molecule has 1 aliphatic rings. The zero-order chi connectivity index (χ0) is 14.1. The van der Waals surface area contributed by atoms with Crippen molar-refractivity contribution in [2.45, 2.75) is 0 Å². The predicted octanol–water partition coefficient (Wildman–Crippen LogP) is 2.90. The Morgan fingerprint density at radius 3 is 2.55 bits per heavy atom. The molecule has 20 heavy (non-hydrogen) atoms. The van der Waals surface area contributed by atoms with Crippen LogP contribution >= 0.6 is 11.6 Å². The first-order valence-electron chi connectivity index (χ1n) is 6.00. The largest absolute Gasteiger partial charge is 0.482 e. The zero-order valence-electron chi connectivity index (χ0n) is 10.4. The van der Waals surface area contributed by atoms with Gasteiger partial charge in [-0.1, -0.05) is 11.6 Å². The van der Waals surface area contributed by atoms with E-state index in [1.165, 1.54) is 0 Å². The van der Waals surface area contributed by atoms with Crippen molar-refractivity contribution in [3.63, 3.8) is 0 Å². The molecule has 2 aromatic carbocycles. The number of carbonyl (C=O) groups is 2. The molecular weight excluding hydrogens is 278 g/mol. The highest BCUT2D eigenvalue weighted by Crippen LogP contribution is 2.29. The van der Waals surface area contributed by atoms with E-state index in [1.807, 2.05) is 0 Å². The average Bonchev–Trinajstić information content (AvgIpc) is 2.46. The lowest BCUT2D eigenvalue weighted by Crippen LogP contribution is -2.25. The highest BCUT2D eigenvalue weighted by molar-refractivity contribution is 6.30. The van der Waals surface area contributed by atoms with Crippen LogP contribution < -0.4 is 10.1 Å². The van der Waals surface area contributed by atoms with Crippen molar-refractivity contribution in [3.05, 3.63) is 58.6 Å². The molecule has 5 heteroatoms. The van der Waals surface area contributed by atoms with Crippen molar-refractivity contribution in [2.24, 2.45) is 0 Å². The fourth-order valence-corrected chi connectivity index (χ4v) is 2.12. The van der Waals surface area contributed by atoms with E-state index in [0.717, 1.165) is 0 Å². The van der Waals surface area contributed by atoms with Crippen LogP contribution in [-0.4, -0.2) is 18.3 Å². The minimum Gasteiger partial charge on any atom is -0.482 e. The lowest BCUT2D eigenvalue weighted by molar-refractivity contribution is -0.118. The van der Waals surface area contributed by atoms with E-state index in [-0.39, 0.29) is 18.3 Å². The third-order valence-corrected chi connectivity index (χ3v) is 3.23. The summed E-state index contributed by atoms with van der Waals surface area (Å²) in [5.41, 5.74) is 1.54. The quantitative estimate of drug-likeness (QED) is 0.864. The average molecular weight is 288 g/mol. The molecule has 0 fully saturated rings. The molecule has 100 valence electrons. The first-order chi connectivity index (χ1) is 9.63. The number of benzene rings is 2. The van der Waals surface area contributed by atoms with Crippen LogP contribution in [0.4, 0.5) is 5.69 Å². The number of hydrogen-bond acceptors (Lipinski definition) is 3. The van der Waals surface area contributed by atoms with Crippen molar-refractivity contribution < 1.29 is 14.3 Å². The summed E-state index contributed by atoms with van der Waals surface area (Å²) in [6.45, 7) is -0.00250. The number of fused-ring (bicyclic) bond motifs is 1. The van der Waals surface area contributed by atoms with Crippen molar-refractivity contribution in [3.8, 4) is 5.75 Å². The van der Waals surface area contributed by atoms with Gasteiger partial charge < -0.3 is 10.1 Å². The van der Waals surface area contributed by atoms with E-state index < -0.39 is 0 Å². The van der Waals surface area contributed by atoms with Crippen LogP contribution in [0.25, 0.3) is 0 Å². The molecule has 0 atom stereocenters. The van der Waals surface area contributed by atoms with E-state index in [1.54, 1.807) is 42.5 Å². The van der Waals surface area contributed by atoms with Gasteiger partial charge in [0.25, 0.3) is 5.91 Å². The summed E-state index contributed by atoms with van der Waals surface area (Å²) in [7, 11) is 0. The topological polar surface area (TPSA) is 55.4 Å². The Labute approximate surface area is 120 Å². The molecule has 0 unspecified atom stereocenters. The molecule has 0 aliphatic carbocycles. The summed E-state index contributed by atoms with van der Waals surface area (Å²) in [6.07, 6.45) is 0. The maximum atomic E-state index is 12.3. The number of anilines is 1. The Morgan fingerprint density at radius 2 is 1.80 bits per heavy atom. The van der Waals surface area contributed by atoms with Crippen molar-refractivity contribution >= 4 is 29.0 Å². The molecule has 1 N–H and O–H groups in total. The molecule has 0 saturated heterocycles. The van der Waals surface area contributed by atoms with Gasteiger partial charge in [0.05, 0.1) is 5.69 Å². The second-order valence-electron chi connectivity index (χ2n) is 4.38. The summed E-state index contributed by atoms with van der Waals surface area (Å²) in [4.78, 5) is 23.6. The maximum Gasteiger partial charge on any atom is 0.262 e. The van der Waals surface area contributed by atoms with E-state index in [0.29, 0.717) is 27.6 Å². The maximum absolute atomic E-state index is 12.3. The van der Waals surface area contributed by atoms with Crippen LogP contribution in [0.1, 0.15) is 15.9 Å². The molecule has 0 bridgehead atoms. The number of rotatable bonds is 2. The number of carbonyl (C=O) groups excluding carboxylic acids is 2. The molecule has 4 nitrogen and oxygen atoms in total. The molecular formula is C15H10ClNO3. The lowest BCUT2D eigenvalue weighted by atomic mass is 10.0. The second-order valence-corrected chi connectivity index (χ2v) is 4.82. The molecule has 3 rings (SSSR count). The molecule has 1 heterocycles. The van der Waals surface area contributed by atoms with Gasteiger partial charge in [0.1, 0.15) is 5.75 Å². The van der Waals surface area contributed by atoms with Gasteiger partial charge in [0.2, 0.25) is 0 Å². The van der Waals surface area contributed by atoms with Crippen molar-refractivity contribution in [2.75, 3.05) is 11.9 Å². The smallest absolute Gasteiger partial charge is 0.262 e. The van der Waals surface area contributed by atoms with E-state index >= 15 is 0 Å². The van der Waals surface area contributed by atoms with Gasteiger partial charge in [-0.15, -0.1) is 0 Å². The molecule has 0 radical (unpaired) electrons. The Hall–Kier alpha value is -2.33. The summed E-state index contributed by atoms with van der Waals surface area (Å²) < 4.78 is 5.25. The SMILES string of the molecule is O=C1COc2ccc(C(=O)c3ccc(Cl)cc3)cc2N1. The zero-order valence-corrected chi connectivity index (χ0v) is 11.1. The molecule has 0 saturated carbocycles. The predicted molar refractivity (Wildman–Crippen MR) is 75.5 cm³/mol. The van der Waals surface area contributed by atoms with Gasteiger partial charge in [-0.25, -0.2) is 0 Å². The highest BCUT2D eigenvalue weighted by atomic mass is 35.5. The van der Waals surface area contributed by atoms with Gasteiger partial charge in [0.15, 0.2) is 12.4 Å². The first-order valence-corrected chi connectivity index (χ1v) is 6.38. The minimum absolute atomic E-state index is 0.00250. The Bertz CT molecular complexity index is 695. The first kappa shape index (κ1) is 12.7. The summed E-state index contributed by atoms with van der Waals surface area (Å²) >= 11 is 5.80. The van der Waals surface area contributed by atoms with E-state index in [9.17, 15) is 9.59 Å². The van der Waals surface area contributed by atoms with Crippen molar-refractivity contribution in [1.29, 1.82) is 0 Å². The molecule has 2 aromatic rings. The van der Waals surface area contributed by atoms with E-state index in [2.05, 4.69) is 5.32 Å². The molecule has 1 aliphatic heterocycles. The highest BCUT2D eigenvalue weighted by Gasteiger charge is 2.18. The number of hydrogen-bond donors (Lipinski definition) is 1. The summed E-state index contributed by atoms with van der Waals surface area (Å²) in [6, 6.07) is 11.6. The number of ketones is 1. The minimum atomic E-state index is -0.228. The Balaban J connectivity index is 1.94. The van der Waals surface area contributed by atoms with Crippen LogP contribution in [0.5, 0.6) is 5.75 Å². The van der Waals surface area contributed by atoms with Crippen LogP contribution in [0.2, 0.25) is 5.02 Å². The van der Waals surface area contributed by atoms with Crippen LogP contribution in [0.3, 0.4) is 0 Å². The fraction of sp³-hybridized carbons (Fsp3) is 0.0667. The molecule has 0 spiro atoms. The summed E-state index contributed by atoms with van der Waals surface area (Å²) in [5.74, 6) is 0.204. The normalized spacial score (nSPS) is 13.2. The monoisotopic (exact) mass is 287 g/mol. The third kappa shape index (κ3) is 2.38. The van der Waals surface area contributed by atoms with Crippen LogP contribution in [-0.2, 0) is 4.79 Å². The van der Waals surface area contributed by atoms with Crippen LogP contribution in [0, 0.1) is 0 Å². The molecule has 0 aromatic heterocycles. The number of halogens is 1. The summed E-state index contributed by atoms with van der Waals surface area (Å²) in [5, 5.41) is 3.25. The Morgan fingerprint density at radius 1 is 1.10 bits per heavy atom. The standard InChI is InChI=1S/C15H10ClNO3/c16-11-4-1-9(2-5-11)15(19)10-3-6-13-12(7-10)17-14(18)8-20-13/h1-7H,8H2,(H,17,18). The third-order valence-electron chi connectivity index (χ3n) is 2.98. The fourth-order valence-electron chi connectivity index (χ4n) is 1.99. The van der Waals surface area contributed by atoms with Gasteiger partial charge in [-0.05, 0) is 42.5 Å². The van der Waals surface area contributed by atoms with Crippen LogP contribution in [0.15, 0.2) is 42.5 Å². The second kappa shape index (κ2) is 4.98. The van der Waals surface area contributed by atoms with Gasteiger partial charge in [-0.2, -0.15) is 0 Å². The van der Waals surface area contributed by atoms with Crippen molar-refractivity contribution in [1.82, 2.24) is 0 Å². The molecule has 1 amide bonds. The van der Waals surface area contributed by atoms with Gasteiger partial charge in [-0.3, -0.25) is 9.59 Å². The number of amides is 1. The van der Waals surface area contributed by atoms with Gasteiger partial charge >= 0.3 is 0 Å².